The molecule has 0 unspecified atom stereocenters. The summed E-state index contributed by atoms with van der Waals surface area (Å²) in [6.07, 6.45) is 0. The Morgan fingerprint density at radius 1 is 0.529 bits per heavy atom. The van der Waals surface area contributed by atoms with Crippen molar-refractivity contribution in [2.45, 2.75) is 19.3 Å². The molecule has 6 aromatic rings. The first kappa shape index (κ1) is 19.4. The van der Waals surface area contributed by atoms with Gasteiger partial charge in [0.15, 0.2) is 0 Å². The van der Waals surface area contributed by atoms with Crippen LogP contribution < -0.4 is 0 Å². The third-order valence-corrected chi connectivity index (χ3v) is 7.61. The lowest BCUT2D eigenvalue weighted by atomic mass is 9.81. The first-order valence-electron chi connectivity index (χ1n) is 12.0. The molecule has 0 aliphatic heterocycles. The first-order chi connectivity index (χ1) is 16.6. The van der Waals surface area contributed by atoms with E-state index in [-0.39, 0.29) is 5.41 Å². The summed E-state index contributed by atoms with van der Waals surface area (Å²) in [4.78, 5) is 3.78. The quantitative estimate of drug-likeness (QED) is 0.279. The maximum Gasteiger partial charge on any atom is 0.0551 e. The van der Waals surface area contributed by atoms with Gasteiger partial charge in [0.2, 0.25) is 0 Å². The Morgan fingerprint density at radius 2 is 1.21 bits per heavy atom. The van der Waals surface area contributed by atoms with Crippen molar-refractivity contribution in [2.75, 3.05) is 0 Å². The summed E-state index contributed by atoms with van der Waals surface area (Å²) in [5.74, 6) is 0. The van der Waals surface area contributed by atoms with E-state index in [1.807, 2.05) is 0 Å². The van der Waals surface area contributed by atoms with Gasteiger partial charge in [0.1, 0.15) is 0 Å². The number of benzene rings is 5. The van der Waals surface area contributed by atoms with Crippen LogP contribution >= 0.6 is 0 Å². The Labute approximate surface area is 199 Å². The molecule has 1 nitrogen and oxygen atoms in total. The van der Waals surface area contributed by atoms with Gasteiger partial charge in [-0.25, -0.2) is 0 Å². The van der Waals surface area contributed by atoms with Crippen LogP contribution in [0.1, 0.15) is 25.0 Å². The topological polar surface area (TPSA) is 15.8 Å². The Kier molecular flexibility index (Phi) is 3.96. The van der Waals surface area contributed by atoms with E-state index in [9.17, 15) is 0 Å². The molecule has 0 saturated carbocycles. The summed E-state index contributed by atoms with van der Waals surface area (Å²) in [6.45, 7) is 4.74. The standard InChI is InChI=1S/C33H25N/c1-33(2)27-18-17-23(21-11-5-3-6-12-21)19-26(27)31-28(33)20-25-24-15-9-10-16-29(24)34-32(25)30(31)22-13-7-4-8-14-22/h3-20,34H,1-2H3. The molecular formula is C33H25N. The number of rotatable bonds is 2. The summed E-state index contributed by atoms with van der Waals surface area (Å²) >= 11 is 0. The second-order valence-corrected chi connectivity index (χ2v) is 9.88. The SMILES string of the molecule is CC1(C)c2ccc(-c3ccccc3)cc2-c2c1cc1c([nH]c3ccccc31)c2-c1ccccc1. The largest absolute Gasteiger partial charge is 0.354 e. The molecule has 1 heteroatoms. The molecule has 7 rings (SSSR count). The fraction of sp³-hybridized carbons (Fsp3) is 0.0909. The number of aromatic nitrogens is 1. The highest BCUT2D eigenvalue weighted by Crippen LogP contribution is 2.55. The predicted octanol–water partition coefficient (Wildman–Crippen LogP) is 8.96. The highest BCUT2D eigenvalue weighted by Gasteiger charge is 2.38. The smallest absolute Gasteiger partial charge is 0.0551 e. The highest BCUT2D eigenvalue weighted by atomic mass is 14.7. The van der Waals surface area contributed by atoms with Crippen LogP contribution in [0.25, 0.3) is 55.2 Å². The van der Waals surface area contributed by atoms with Gasteiger partial charge in [-0.05, 0) is 57.1 Å². The van der Waals surface area contributed by atoms with Gasteiger partial charge in [0, 0.05) is 27.3 Å². The molecule has 34 heavy (non-hydrogen) atoms. The zero-order valence-electron chi connectivity index (χ0n) is 19.4. The van der Waals surface area contributed by atoms with E-state index in [2.05, 4.69) is 128 Å². The molecule has 0 amide bonds. The number of fused-ring (bicyclic) bond motifs is 6. The van der Waals surface area contributed by atoms with Crippen molar-refractivity contribution in [3.05, 3.63) is 120 Å². The molecule has 0 bridgehead atoms. The van der Waals surface area contributed by atoms with Gasteiger partial charge in [-0.1, -0.05) is 105 Å². The van der Waals surface area contributed by atoms with Crippen molar-refractivity contribution in [3.8, 4) is 33.4 Å². The minimum atomic E-state index is -0.0734. The molecule has 1 heterocycles. The normalized spacial score (nSPS) is 13.8. The van der Waals surface area contributed by atoms with E-state index >= 15 is 0 Å². The summed E-state index contributed by atoms with van der Waals surface area (Å²) in [7, 11) is 0. The molecule has 0 atom stereocenters. The molecule has 1 aliphatic carbocycles. The molecule has 0 radical (unpaired) electrons. The van der Waals surface area contributed by atoms with E-state index in [0.717, 1.165) is 0 Å². The molecule has 1 N–H and O–H groups in total. The summed E-state index contributed by atoms with van der Waals surface area (Å²) in [5, 5.41) is 2.59. The molecule has 1 aromatic heterocycles. The average molecular weight is 436 g/mol. The van der Waals surface area contributed by atoms with Crippen molar-refractivity contribution in [3.63, 3.8) is 0 Å². The van der Waals surface area contributed by atoms with Crippen molar-refractivity contribution in [2.24, 2.45) is 0 Å². The van der Waals surface area contributed by atoms with E-state index in [1.54, 1.807) is 0 Å². The van der Waals surface area contributed by atoms with Gasteiger partial charge in [-0.3, -0.25) is 0 Å². The van der Waals surface area contributed by atoms with Crippen molar-refractivity contribution in [1.29, 1.82) is 0 Å². The molecular weight excluding hydrogens is 410 g/mol. The van der Waals surface area contributed by atoms with Gasteiger partial charge < -0.3 is 4.98 Å². The van der Waals surface area contributed by atoms with Crippen LogP contribution in [-0.2, 0) is 5.41 Å². The number of aromatic amines is 1. The van der Waals surface area contributed by atoms with Crippen molar-refractivity contribution in [1.82, 2.24) is 4.98 Å². The number of para-hydroxylation sites is 1. The predicted molar refractivity (Wildman–Crippen MR) is 144 cm³/mol. The second kappa shape index (κ2) is 6.95. The maximum absolute atomic E-state index is 3.78. The van der Waals surface area contributed by atoms with Gasteiger partial charge in [0.05, 0.1) is 5.52 Å². The molecule has 5 aromatic carbocycles. The van der Waals surface area contributed by atoms with Gasteiger partial charge in [0.25, 0.3) is 0 Å². The van der Waals surface area contributed by atoms with Crippen LogP contribution in [0.3, 0.4) is 0 Å². The Hall–Kier alpha value is -4.10. The van der Waals surface area contributed by atoms with Gasteiger partial charge >= 0.3 is 0 Å². The van der Waals surface area contributed by atoms with Crippen LogP contribution in [0.4, 0.5) is 0 Å². The zero-order chi connectivity index (χ0) is 22.9. The van der Waals surface area contributed by atoms with Crippen LogP contribution in [0, 0.1) is 0 Å². The number of hydrogen-bond donors (Lipinski definition) is 1. The lowest BCUT2D eigenvalue weighted by Gasteiger charge is -2.22. The minimum absolute atomic E-state index is 0.0734. The van der Waals surface area contributed by atoms with Gasteiger partial charge in [-0.15, -0.1) is 0 Å². The molecule has 0 spiro atoms. The second-order valence-electron chi connectivity index (χ2n) is 9.88. The zero-order valence-corrected chi connectivity index (χ0v) is 19.4. The molecule has 1 aliphatic rings. The Bertz CT molecular complexity index is 1700. The van der Waals surface area contributed by atoms with Crippen molar-refractivity contribution >= 4 is 21.8 Å². The third-order valence-electron chi connectivity index (χ3n) is 7.61. The third kappa shape index (κ3) is 2.61. The number of hydrogen-bond acceptors (Lipinski definition) is 0. The van der Waals surface area contributed by atoms with Crippen LogP contribution in [-0.4, -0.2) is 4.98 Å². The van der Waals surface area contributed by atoms with E-state index in [1.165, 1.54) is 66.3 Å². The molecule has 0 fully saturated rings. The Balaban J connectivity index is 1.64. The van der Waals surface area contributed by atoms with Crippen LogP contribution in [0.15, 0.2) is 109 Å². The summed E-state index contributed by atoms with van der Waals surface area (Å²) in [6, 6.07) is 39.7. The average Bonchev–Trinajstić information content (AvgIpc) is 3.36. The van der Waals surface area contributed by atoms with E-state index in [4.69, 9.17) is 0 Å². The fourth-order valence-corrected chi connectivity index (χ4v) is 5.90. The van der Waals surface area contributed by atoms with E-state index in [0.29, 0.717) is 0 Å². The first-order valence-corrected chi connectivity index (χ1v) is 12.0. The number of nitrogens with one attached hydrogen (secondary N) is 1. The summed E-state index contributed by atoms with van der Waals surface area (Å²) < 4.78 is 0. The Morgan fingerprint density at radius 3 is 1.97 bits per heavy atom. The highest BCUT2D eigenvalue weighted by molar-refractivity contribution is 6.16. The van der Waals surface area contributed by atoms with Crippen LogP contribution in [0.5, 0.6) is 0 Å². The van der Waals surface area contributed by atoms with Crippen molar-refractivity contribution < 1.29 is 0 Å². The minimum Gasteiger partial charge on any atom is -0.354 e. The summed E-state index contributed by atoms with van der Waals surface area (Å²) in [5.41, 5.74) is 12.9. The monoisotopic (exact) mass is 435 g/mol. The van der Waals surface area contributed by atoms with Gasteiger partial charge in [-0.2, -0.15) is 0 Å². The van der Waals surface area contributed by atoms with Crippen LogP contribution in [0.2, 0.25) is 0 Å². The van der Waals surface area contributed by atoms with E-state index < -0.39 is 0 Å². The molecule has 0 saturated heterocycles. The lowest BCUT2D eigenvalue weighted by molar-refractivity contribution is 0.661. The fourth-order valence-electron chi connectivity index (χ4n) is 5.90. The lowest BCUT2D eigenvalue weighted by Crippen LogP contribution is -2.15. The maximum atomic E-state index is 3.78. The molecule has 162 valence electrons. The number of H-pyrrole nitrogens is 1.